The lowest BCUT2D eigenvalue weighted by Crippen LogP contribution is -2.38. The van der Waals surface area contributed by atoms with E-state index in [-0.39, 0.29) is 0 Å². The molecule has 1 heteroatoms. The van der Waals surface area contributed by atoms with Crippen LogP contribution >= 0.6 is 0 Å². The summed E-state index contributed by atoms with van der Waals surface area (Å²) in [6.07, 6.45) is 10.5. The standard InChI is InChI=1S/C16H31N/c1-12(2)17-11-15-9-8-13(3)10-16(15)14-6-4-5-7-14/h12-17H,4-11H2,1-3H3. The molecule has 0 spiro atoms. The van der Waals surface area contributed by atoms with Gasteiger partial charge in [0.25, 0.3) is 0 Å². The fourth-order valence-electron chi connectivity index (χ4n) is 4.09. The van der Waals surface area contributed by atoms with Gasteiger partial charge < -0.3 is 5.32 Å². The Morgan fingerprint density at radius 2 is 1.76 bits per heavy atom. The molecule has 17 heavy (non-hydrogen) atoms. The quantitative estimate of drug-likeness (QED) is 0.771. The molecule has 1 N–H and O–H groups in total. The van der Waals surface area contributed by atoms with Crippen LogP contribution in [0.1, 0.15) is 65.7 Å². The van der Waals surface area contributed by atoms with E-state index in [0.29, 0.717) is 6.04 Å². The SMILES string of the molecule is CC1CCC(CNC(C)C)C(C2CCCC2)C1. The van der Waals surface area contributed by atoms with Crippen molar-refractivity contribution in [2.45, 2.75) is 71.8 Å². The van der Waals surface area contributed by atoms with Gasteiger partial charge in [-0.1, -0.05) is 52.9 Å². The molecule has 2 fully saturated rings. The van der Waals surface area contributed by atoms with Crippen molar-refractivity contribution < 1.29 is 0 Å². The van der Waals surface area contributed by atoms with Crippen LogP contribution in [-0.2, 0) is 0 Å². The Balaban J connectivity index is 1.90. The van der Waals surface area contributed by atoms with Crippen molar-refractivity contribution in [1.29, 1.82) is 0 Å². The van der Waals surface area contributed by atoms with Gasteiger partial charge in [0.15, 0.2) is 0 Å². The first-order valence-corrected chi connectivity index (χ1v) is 7.90. The van der Waals surface area contributed by atoms with Crippen molar-refractivity contribution in [3.8, 4) is 0 Å². The van der Waals surface area contributed by atoms with E-state index >= 15 is 0 Å². The summed E-state index contributed by atoms with van der Waals surface area (Å²) in [6.45, 7) is 8.28. The summed E-state index contributed by atoms with van der Waals surface area (Å²) in [7, 11) is 0. The smallest absolute Gasteiger partial charge is 0.00104 e. The molecular formula is C16H31N. The van der Waals surface area contributed by atoms with Crippen molar-refractivity contribution in [3.63, 3.8) is 0 Å². The van der Waals surface area contributed by atoms with Crippen LogP contribution in [0.4, 0.5) is 0 Å². The highest BCUT2D eigenvalue weighted by atomic mass is 14.9. The zero-order chi connectivity index (χ0) is 12.3. The Hall–Kier alpha value is -0.0400. The van der Waals surface area contributed by atoms with Gasteiger partial charge in [-0.05, 0) is 43.1 Å². The van der Waals surface area contributed by atoms with Gasteiger partial charge in [-0.2, -0.15) is 0 Å². The Morgan fingerprint density at radius 3 is 2.41 bits per heavy atom. The van der Waals surface area contributed by atoms with E-state index in [1.165, 1.54) is 51.5 Å². The lowest BCUT2D eigenvalue weighted by molar-refractivity contribution is 0.125. The molecule has 2 aliphatic rings. The summed E-state index contributed by atoms with van der Waals surface area (Å²) >= 11 is 0. The Bertz CT molecular complexity index is 218. The van der Waals surface area contributed by atoms with Crippen LogP contribution in [0.3, 0.4) is 0 Å². The first-order valence-electron chi connectivity index (χ1n) is 7.90. The van der Waals surface area contributed by atoms with Gasteiger partial charge >= 0.3 is 0 Å². The monoisotopic (exact) mass is 237 g/mol. The maximum atomic E-state index is 3.68. The predicted octanol–water partition coefficient (Wildman–Crippen LogP) is 4.23. The Morgan fingerprint density at radius 1 is 1.06 bits per heavy atom. The lowest BCUT2D eigenvalue weighted by Gasteiger charge is -2.39. The van der Waals surface area contributed by atoms with E-state index in [4.69, 9.17) is 0 Å². The van der Waals surface area contributed by atoms with Crippen LogP contribution < -0.4 is 5.32 Å². The molecule has 0 aromatic heterocycles. The van der Waals surface area contributed by atoms with Crippen molar-refractivity contribution in [2.75, 3.05) is 6.54 Å². The number of rotatable bonds is 4. The minimum atomic E-state index is 0.651. The van der Waals surface area contributed by atoms with Gasteiger partial charge in [0, 0.05) is 6.04 Å². The molecule has 3 unspecified atom stereocenters. The summed E-state index contributed by atoms with van der Waals surface area (Å²) in [4.78, 5) is 0. The third kappa shape index (κ3) is 3.71. The highest BCUT2D eigenvalue weighted by molar-refractivity contribution is 4.86. The molecule has 0 saturated heterocycles. The second kappa shape index (κ2) is 6.22. The maximum absolute atomic E-state index is 3.68. The fraction of sp³-hybridized carbons (Fsp3) is 1.00. The topological polar surface area (TPSA) is 12.0 Å². The first kappa shape index (κ1) is 13.4. The maximum Gasteiger partial charge on any atom is 0.00104 e. The summed E-state index contributed by atoms with van der Waals surface area (Å²) in [6, 6.07) is 0.651. The lowest BCUT2D eigenvalue weighted by atomic mass is 9.68. The highest BCUT2D eigenvalue weighted by Gasteiger charge is 2.35. The fourth-order valence-corrected chi connectivity index (χ4v) is 4.09. The molecule has 2 saturated carbocycles. The predicted molar refractivity (Wildman–Crippen MR) is 75.1 cm³/mol. The van der Waals surface area contributed by atoms with Crippen molar-refractivity contribution >= 4 is 0 Å². The zero-order valence-corrected chi connectivity index (χ0v) is 12.0. The molecular weight excluding hydrogens is 206 g/mol. The van der Waals surface area contributed by atoms with Crippen LogP contribution in [0.15, 0.2) is 0 Å². The second-order valence-corrected chi connectivity index (χ2v) is 6.95. The van der Waals surface area contributed by atoms with Crippen LogP contribution in [0.25, 0.3) is 0 Å². The molecule has 0 heterocycles. The van der Waals surface area contributed by atoms with Gasteiger partial charge in [0.2, 0.25) is 0 Å². The van der Waals surface area contributed by atoms with Crippen LogP contribution in [0, 0.1) is 23.7 Å². The molecule has 3 atom stereocenters. The minimum absolute atomic E-state index is 0.651. The molecule has 0 amide bonds. The number of nitrogens with one attached hydrogen (secondary N) is 1. The van der Waals surface area contributed by atoms with Gasteiger partial charge in [0.05, 0.1) is 0 Å². The zero-order valence-electron chi connectivity index (χ0n) is 12.0. The van der Waals surface area contributed by atoms with Gasteiger partial charge in [-0.3, -0.25) is 0 Å². The second-order valence-electron chi connectivity index (χ2n) is 6.95. The summed E-state index contributed by atoms with van der Waals surface area (Å²) in [5.74, 6) is 4.05. The molecule has 0 aromatic carbocycles. The molecule has 2 aliphatic carbocycles. The summed E-state index contributed by atoms with van der Waals surface area (Å²) in [5.41, 5.74) is 0. The summed E-state index contributed by atoms with van der Waals surface area (Å²) < 4.78 is 0. The van der Waals surface area contributed by atoms with Gasteiger partial charge in [0.1, 0.15) is 0 Å². The Labute approximate surface area is 108 Å². The van der Waals surface area contributed by atoms with Crippen LogP contribution in [0.5, 0.6) is 0 Å². The number of hydrogen-bond donors (Lipinski definition) is 1. The summed E-state index contributed by atoms with van der Waals surface area (Å²) in [5, 5.41) is 3.68. The Kier molecular flexibility index (Phi) is 4.90. The van der Waals surface area contributed by atoms with E-state index < -0.39 is 0 Å². The van der Waals surface area contributed by atoms with E-state index in [2.05, 4.69) is 26.1 Å². The molecule has 100 valence electrons. The molecule has 2 rings (SSSR count). The molecule has 0 radical (unpaired) electrons. The first-order chi connectivity index (χ1) is 8.16. The molecule has 0 aromatic rings. The number of hydrogen-bond acceptors (Lipinski definition) is 1. The van der Waals surface area contributed by atoms with Crippen LogP contribution in [-0.4, -0.2) is 12.6 Å². The van der Waals surface area contributed by atoms with E-state index in [9.17, 15) is 0 Å². The highest BCUT2D eigenvalue weighted by Crippen LogP contribution is 2.43. The largest absolute Gasteiger partial charge is 0.314 e. The van der Waals surface area contributed by atoms with Crippen molar-refractivity contribution in [3.05, 3.63) is 0 Å². The van der Waals surface area contributed by atoms with E-state index in [0.717, 1.165) is 23.7 Å². The van der Waals surface area contributed by atoms with Gasteiger partial charge in [-0.25, -0.2) is 0 Å². The molecule has 0 aliphatic heterocycles. The van der Waals surface area contributed by atoms with Crippen molar-refractivity contribution in [2.24, 2.45) is 23.7 Å². The van der Waals surface area contributed by atoms with E-state index in [1.807, 2.05) is 0 Å². The molecule has 1 nitrogen and oxygen atoms in total. The average Bonchev–Trinajstić information content (AvgIpc) is 2.80. The van der Waals surface area contributed by atoms with E-state index in [1.54, 1.807) is 0 Å². The normalized spacial score (nSPS) is 35.6. The van der Waals surface area contributed by atoms with Crippen LogP contribution in [0.2, 0.25) is 0 Å². The van der Waals surface area contributed by atoms with Gasteiger partial charge in [-0.15, -0.1) is 0 Å². The average molecular weight is 237 g/mol. The van der Waals surface area contributed by atoms with Crippen molar-refractivity contribution in [1.82, 2.24) is 5.32 Å². The molecule has 0 bridgehead atoms. The minimum Gasteiger partial charge on any atom is -0.314 e. The third-order valence-electron chi connectivity index (χ3n) is 5.10. The third-order valence-corrected chi connectivity index (χ3v) is 5.10.